The second kappa shape index (κ2) is 8.87. The van der Waals surface area contributed by atoms with Gasteiger partial charge in [-0.15, -0.1) is 0 Å². The summed E-state index contributed by atoms with van der Waals surface area (Å²) in [6.07, 6.45) is 2.30. The van der Waals surface area contributed by atoms with Crippen LogP contribution >= 0.6 is 0 Å². The number of nitrogens with zero attached hydrogens (tertiary/aromatic N) is 1. The molecule has 0 spiro atoms. The van der Waals surface area contributed by atoms with Crippen molar-refractivity contribution in [2.75, 3.05) is 11.3 Å². The van der Waals surface area contributed by atoms with E-state index in [1.807, 2.05) is 31.2 Å². The lowest BCUT2D eigenvalue weighted by atomic mass is 10.1. The number of anilines is 1. The van der Waals surface area contributed by atoms with Crippen molar-refractivity contribution in [1.82, 2.24) is 10.3 Å². The molecule has 2 aromatic carbocycles. The highest BCUT2D eigenvalue weighted by molar-refractivity contribution is 7.92. The fourth-order valence-electron chi connectivity index (χ4n) is 2.88. The van der Waals surface area contributed by atoms with E-state index in [2.05, 4.69) is 15.0 Å². The van der Waals surface area contributed by atoms with E-state index in [1.165, 1.54) is 12.1 Å². The minimum Gasteiger partial charge on any atom is -0.352 e. The van der Waals surface area contributed by atoms with E-state index in [0.717, 1.165) is 11.3 Å². The van der Waals surface area contributed by atoms with E-state index in [4.69, 9.17) is 0 Å². The number of nitrogens with one attached hydrogen (secondary N) is 2. The molecule has 0 aliphatic heterocycles. The van der Waals surface area contributed by atoms with Crippen molar-refractivity contribution in [1.29, 1.82) is 0 Å². The Labute approximate surface area is 171 Å². The van der Waals surface area contributed by atoms with Crippen LogP contribution in [0.15, 0.2) is 71.8 Å². The summed E-state index contributed by atoms with van der Waals surface area (Å²) < 4.78 is 28.1. The van der Waals surface area contributed by atoms with Crippen molar-refractivity contribution in [3.8, 4) is 0 Å². The minimum absolute atomic E-state index is 0.0412. The van der Waals surface area contributed by atoms with Crippen LogP contribution in [0, 0.1) is 13.8 Å². The molecule has 0 saturated carbocycles. The molecule has 0 aliphatic rings. The Morgan fingerprint density at radius 3 is 2.55 bits per heavy atom. The molecule has 0 saturated heterocycles. The average molecular weight is 410 g/mol. The second-order valence-electron chi connectivity index (χ2n) is 6.78. The highest BCUT2D eigenvalue weighted by Crippen LogP contribution is 2.20. The monoisotopic (exact) mass is 409 g/mol. The normalized spacial score (nSPS) is 11.1. The lowest BCUT2D eigenvalue weighted by molar-refractivity contribution is 0.0953. The van der Waals surface area contributed by atoms with Gasteiger partial charge in [0.05, 0.1) is 4.90 Å². The first-order valence-corrected chi connectivity index (χ1v) is 10.7. The summed E-state index contributed by atoms with van der Waals surface area (Å²) >= 11 is 0. The van der Waals surface area contributed by atoms with Crippen LogP contribution in [0.4, 0.5) is 5.69 Å². The molecule has 29 heavy (non-hydrogen) atoms. The predicted octanol–water partition coefficient (Wildman–Crippen LogP) is 3.47. The van der Waals surface area contributed by atoms with Gasteiger partial charge in [0.1, 0.15) is 0 Å². The number of hydrogen-bond donors (Lipinski definition) is 2. The quantitative estimate of drug-likeness (QED) is 0.625. The molecule has 1 amide bonds. The van der Waals surface area contributed by atoms with E-state index in [9.17, 15) is 13.2 Å². The van der Waals surface area contributed by atoms with Crippen LogP contribution in [0.2, 0.25) is 0 Å². The first-order chi connectivity index (χ1) is 13.8. The topological polar surface area (TPSA) is 88.2 Å². The van der Waals surface area contributed by atoms with E-state index in [-0.39, 0.29) is 10.8 Å². The lowest BCUT2D eigenvalue weighted by Gasteiger charge is -2.12. The van der Waals surface area contributed by atoms with Gasteiger partial charge < -0.3 is 5.32 Å². The molecular weight excluding hydrogens is 386 g/mol. The number of carbonyl (C=O) groups is 1. The summed E-state index contributed by atoms with van der Waals surface area (Å²) in [6, 6.07) is 17.3. The molecule has 6 nitrogen and oxygen atoms in total. The lowest BCUT2D eigenvalue weighted by Crippen LogP contribution is -2.27. The van der Waals surface area contributed by atoms with Crippen LogP contribution in [0.1, 0.15) is 27.2 Å². The molecule has 1 aromatic heterocycles. The summed E-state index contributed by atoms with van der Waals surface area (Å²) in [6.45, 7) is 4.07. The fourth-order valence-corrected chi connectivity index (χ4v) is 3.96. The molecule has 0 bridgehead atoms. The molecule has 1 heterocycles. The largest absolute Gasteiger partial charge is 0.352 e. The summed E-state index contributed by atoms with van der Waals surface area (Å²) in [5, 5.41) is 2.83. The van der Waals surface area contributed by atoms with Crippen molar-refractivity contribution < 1.29 is 13.2 Å². The van der Waals surface area contributed by atoms with Gasteiger partial charge in [-0.2, -0.15) is 0 Å². The zero-order valence-corrected chi connectivity index (χ0v) is 17.2. The van der Waals surface area contributed by atoms with Crippen LogP contribution in [-0.4, -0.2) is 25.9 Å². The summed E-state index contributed by atoms with van der Waals surface area (Å²) in [5.41, 5.74) is 3.34. The van der Waals surface area contributed by atoms with Crippen LogP contribution in [0.25, 0.3) is 0 Å². The van der Waals surface area contributed by atoms with Gasteiger partial charge in [0.15, 0.2) is 0 Å². The summed E-state index contributed by atoms with van der Waals surface area (Å²) in [4.78, 5) is 16.9. The predicted molar refractivity (Wildman–Crippen MR) is 113 cm³/mol. The Kier molecular flexibility index (Phi) is 6.29. The second-order valence-corrected chi connectivity index (χ2v) is 8.46. The Morgan fingerprint density at radius 1 is 1.00 bits per heavy atom. The van der Waals surface area contributed by atoms with Crippen LogP contribution in [0.5, 0.6) is 0 Å². The van der Waals surface area contributed by atoms with Crippen molar-refractivity contribution in [2.45, 2.75) is 25.2 Å². The zero-order valence-electron chi connectivity index (χ0n) is 16.3. The first-order valence-electron chi connectivity index (χ1n) is 9.23. The number of rotatable bonds is 7. The molecule has 3 rings (SSSR count). The molecule has 7 heteroatoms. The SMILES string of the molecule is Cc1cccc(NS(=O)(=O)c2ccc(C)c(C(=O)NCCc3ccccn3)c2)c1. The van der Waals surface area contributed by atoms with Crippen LogP contribution in [-0.2, 0) is 16.4 Å². The van der Waals surface area contributed by atoms with E-state index in [0.29, 0.717) is 29.8 Å². The maximum Gasteiger partial charge on any atom is 0.261 e. The number of benzene rings is 2. The third-order valence-electron chi connectivity index (χ3n) is 4.43. The van der Waals surface area contributed by atoms with Gasteiger partial charge in [0, 0.05) is 36.1 Å². The number of sulfonamides is 1. The highest BCUT2D eigenvalue weighted by atomic mass is 32.2. The van der Waals surface area contributed by atoms with Crippen molar-refractivity contribution in [2.24, 2.45) is 0 Å². The smallest absolute Gasteiger partial charge is 0.261 e. The summed E-state index contributed by atoms with van der Waals surface area (Å²) in [5.74, 6) is -0.314. The zero-order chi connectivity index (χ0) is 20.9. The fraction of sp³-hybridized carbons (Fsp3) is 0.182. The first kappa shape index (κ1) is 20.5. The third-order valence-corrected chi connectivity index (χ3v) is 5.81. The molecule has 150 valence electrons. The number of aryl methyl sites for hydroxylation is 2. The molecule has 0 atom stereocenters. The van der Waals surface area contributed by atoms with Crippen molar-refractivity contribution >= 4 is 21.6 Å². The summed E-state index contributed by atoms with van der Waals surface area (Å²) in [7, 11) is -3.81. The maximum absolute atomic E-state index is 12.7. The third kappa shape index (κ3) is 5.42. The van der Waals surface area contributed by atoms with Gasteiger partial charge in [-0.25, -0.2) is 8.42 Å². The van der Waals surface area contributed by atoms with Gasteiger partial charge in [0.2, 0.25) is 0 Å². The number of hydrogen-bond acceptors (Lipinski definition) is 4. The Balaban J connectivity index is 1.73. The highest BCUT2D eigenvalue weighted by Gasteiger charge is 2.18. The number of aromatic nitrogens is 1. The van der Waals surface area contributed by atoms with Crippen LogP contribution in [0.3, 0.4) is 0 Å². The van der Waals surface area contributed by atoms with Crippen LogP contribution < -0.4 is 10.0 Å². The Morgan fingerprint density at radius 2 is 1.83 bits per heavy atom. The average Bonchev–Trinajstić information content (AvgIpc) is 2.68. The minimum atomic E-state index is -3.81. The van der Waals surface area contributed by atoms with Gasteiger partial charge in [-0.3, -0.25) is 14.5 Å². The van der Waals surface area contributed by atoms with Crippen molar-refractivity contribution in [3.63, 3.8) is 0 Å². The van der Waals surface area contributed by atoms with Gasteiger partial charge in [-0.1, -0.05) is 24.3 Å². The Bertz CT molecular complexity index is 1110. The molecular formula is C22H23N3O3S. The molecule has 0 unspecified atom stereocenters. The Hall–Kier alpha value is -3.19. The maximum atomic E-state index is 12.7. The molecule has 3 aromatic rings. The standard InChI is InChI=1S/C22H23N3O3S/c1-16-6-5-8-19(14-16)25-29(27,28)20-10-9-17(2)21(15-20)22(26)24-13-11-18-7-3-4-12-23-18/h3-10,12,14-15,25H,11,13H2,1-2H3,(H,24,26). The van der Waals surface area contributed by atoms with Gasteiger partial charge in [0.25, 0.3) is 15.9 Å². The molecule has 2 N–H and O–H groups in total. The molecule has 0 radical (unpaired) electrons. The van der Waals surface area contributed by atoms with Gasteiger partial charge in [-0.05, 0) is 61.4 Å². The number of carbonyl (C=O) groups excluding carboxylic acids is 1. The number of amides is 1. The van der Waals surface area contributed by atoms with Crippen molar-refractivity contribution in [3.05, 3.63) is 89.2 Å². The van der Waals surface area contributed by atoms with E-state index < -0.39 is 10.0 Å². The van der Waals surface area contributed by atoms with Gasteiger partial charge >= 0.3 is 0 Å². The van der Waals surface area contributed by atoms with E-state index >= 15 is 0 Å². The van der Waals surface area contributed by atoms with E-state index in [1.54, 1.807) is 37.4 Å². The molecule has 0 fully saturated rings. The number of pyridine rings is 1. The molecule has 0 aliphatic carbocycles.